The molecule has 0 saturated carbocycles. The van der Waals surface area contributed by atoms with E-state index in [-0.39, 0.29) is 0 Å². The van der Waals surface area contributed by atoms with Crippen LogP contribution in [0.2, 0.25) is 0 Å². The van der Waals surface area contributed by atoms with Gasteiger partial charge in [-0.2, -0.15) is 0 Å². The Morgan fingerprint density at radius 3 is 2.30 bits per heavy atom. The molecule has 114 valence electrons. The van der Waals surface area contributed by atoms with Crippen LogP contribution in [0.25, 0.3) is 0 Å². The lowest BCUT2D eigenvalue weighted by Gasteiger charge is -2.36. The lowest BCUT2D eigenvalue weighted by atomic mass is 10.0. The van der Waals surface area contributed by atoms with Crippen molar-refractivity contribution in [2.75, 3.05) is 20.2 Å². The number of rotatable bonds is 9. The summed E-state index contributed by atoms with van der Waals surface area (Å²) in [6, 6.07) is 9.16. The molecule has 3 heteroatoms. The highest BCUT2D eigenvalue weighted by atomic mass is 16.5. The molecule has 1 aromatic carbocycles. The molecule has 0 aliphatic carbocycles. The summed E-state index contributed by atoms with van der Waals surface area (Å²) in [5.74, 6) is 0.896. The fourth-order valence-electron chi connectivity index (χ4n) is 2.55. The van der Waals surface area contributed by atoms with Crippen molar-refractivity contribution in [3.05, 3.63) is 29.8 Å². The molecule has 0 saturated heterocycles. The van der Waals surface area contributed by atoms with Gasteiger partial charge in [-0.15, -0.1) is 0 Å². The summed E-state index contributed by atoms with van der Waals surface area (Å²) in [7, 11) is 1.70. The maximum absolute atomic E-state index is 6.07. The smallest absolute Gasteiger partial charge is 0.118 e. The Labute approximate surface area is 124 Å². The Morgan fingerprint density at radius 1 is 1.20 bits per heavy atom. The molecule has 1 aromatic rings. The van der Waals surface area contributed by atoms with Crippen LogP contribution < -0.4 is 10.5 Å². The molecule has 0 amide bonds. The van der Waals surface area contributed by atoms with Crippen molar-refractivity contribution in [3.63, 3.8) is 0 Å². The van der Waals surface area contributed by atoms with Crippen LogP contribution in [0.3, 0.4) is 0 Å². The SMILES string of the molecule is CCCCN(C(C)CC)C(CN)c1ccc(OC)cc1. The third-order valence-corrected chi connectivity index (χ3v) is 4.05. The topological polar surface area (TPSA) is 38.5 Å². The van der Waals surface area contributed by atoms with Crippen LogP contribution in [0.15, 0.2) is 24.3 Å². The summed E-state index contributed by atoms with van der Waals surface area (Å²) in [5, 5.41) is 0. The molecule has 0 radical (unpaired) electrons. The normalized spacial score (nSPS) is 14.3. The molecule has 0 bridgehead atoms. The minimum atomic E-state index is 0.294. The summed E-state index contributed by atoms with van der Waals surface area (Å²) >= 11 is 0. The van der Waals surface area contributed by atoms with E-state index in [1.807, 2.05) is 12.1 Å². The lowest BCUT2D eigenvalue weighted by molar-refractivity contribution is 0.141. The van der Waals surface area contributed by atoms with Crippen molar-refractivity contribution in [1.82, 2.24) is 4.90 Å². The molecule has 20 heavy (non-hydrogen) atoms. The number of ether oxygens (including phenoxy) is 1. The minimum Gasteiger partial charge on any atom is -0.497 e. The van der Waals surface area contributed by atoms with Gasteiger partial charge in [0.25, 0.3) is 0 Å². The van der Waals surface area contributed by atoms with Crippen LogP contribution in [0.1, 0.15) is 51.6 Å². The molecule has 0 fully saturated rings. The van der Waals surface area contributed by atoms with Gasteiger partial charge in [0.15, 0.2) is 0 Å². The molecule has 0 aliphatic heterocycles. The zero-order valence-corrected chi connectivity index (χ0v) is 13.4. The van der Waals surface area contributed by atoms with Crippen molar-refractivity contribution < 1.29 is 4.74 Å². The van der Waals surface area contributed by atoms with Gasteiger partial charge in [-0.3, -0.25) is 4.90 Å². The van der Waals surface area contributed by atoms with Crippen molar-refractivity contribution in [2.45, 2.75) is 52.1 Å². The van der Waals surface area contributed by atoms with E-state index in [1.165, 1.54) is 18.4 Å². The second kappa shape index (κ2) is 8.98. The number of methoxy groups -OCH3 is 1. The zero-order chi connectivity index (χ0) is 15.0. The maximum Gasteiger partial charge on any atom is 0.118 e. The monoisotopic (exact) mass is 278 g/mol. The fraction of sp³-hybridized carbons (Fsp3) is 0.647. The third-order valence-electron chi connectivity index (χ3n) is 4.05. The first kappa shape index (κ1) is 17.0. The van der Waals surface area contributed by atoms with Gasteiger partial charge in [-0.25, -0.2) is 0 Å². The van der Waals surface area contributed by atoms with Gasteiger partial charge in [-0.05, 0) is 44.0 Å². The van der Waals surface area contributed by atoms with E-state index in [2.05, 4.69) is 37.8 Å². The summed E-state index contributed by atoms with van der Waals surface area (Å²) in [4.78, 5) is 2.55. The highest BCUT2D eigenvalue weighted by Crippen LogP contribution is 2.25. The number of hydrogen-bond acceptors (Lipinski definition) is 3. The molecule has 0 aliphatic rings. The predicted octanol–water partition coefficient (Wildman–Crippen LogP) is 3.60. The van der Waals surface area contributed by atoms with Crippen molar-refractivity contribution in [1.29, 1.82) is 0 Å². The minimum absolute atomic E-state index is 0.294. The van der Waals surface area contributed by atoms with Gasteiger partial charge < -0.3 is 10.5 Å². The lowest BCUT2D eigenvalue weighted by Crippen LogP contribution is -2.40. The van der Waals surface area contributed by atoms with Crippen LogP contribution in [0.5, 0.6) is 5.75 Å². The molecule has 0 heterocycles. The molecule has 2 atom stereocenters. The first-order chi connectivity index (χ1) is 9.67. The molecule has 3 nitrogen and oxygen atoms in total. The van der Waals surface area contributed by atoms with Crippen LogP contribution >= 0.6 is 0 Å². The average Bonchev–Trinajstić information content (AvgIpc) is 2.51. The van der Waals surface area contributed by atoms with E-state index in [0.717, 1.165) is 18.7 Å². The van der Waals surface area contributed by atoms with E-state index >= 15 is 0 Å². The van der Waals surface area contributed by atoms with E-state index in [4.69, 9.17) is 10.5 Å². The Morgan fingerprint density at radius 2 is 1.85 bits per heavy atom. The number of nitrogens with two attached hydrogens (primary N) is 1. The van der Waals surface area contributed by atoms with E-state index in [0.29, 0.717) is 18.6 Å². The highest BCUT2D eigenvalue weighted by Gasteiger charge is 2.22. The zero-order valence-electron chi connectivity index (χ0n) is 13.4. The summed E-state index contributed by atoms with van der Waals surface area (Å²) in [6.07, 6.45) is 3.58. The van der Waals surface area contributed by atoms with E-state index in [1.54, 1.807) is 7.11 Å². The first-order valence-corrected chi connectivity index (χ1v) is 7.77. The molecular formula is C17H30N2O. The highest BCUT2D eigenvalue weighted by molar-refractivity contribution is 5.29. The van der Waals surface area contributed by atoms with Crippen LogP contribution in [0.4, 0.5) is 0 Å². The van der Waals surface area contributed by atoms with Gasteiger partial charge >= 0.3 is 0 Å². The number of benzene rings is 1. The first-order valence-electron chi connectivity index (χ1n) is 7.77. The van der Waals surface area contributed by atoms with Crippen LogP contribution in [-0.2, 0) is 0 Å². The van der Waals surface area contributed by atoms with Crippen molar-refractivity contribution in [3.8, 4) is 5.75 Å². The summed E-state index contributed by atoms with van der Waals surface area (Å²) < 4.78 is 5.23. The number of nitrogens with zero attached hydrogens (tertiary/aromatic N) is 1. The van der Waals surface area contributed by atoms with Crippen molar-refractivity contribution >= 4 is 0 Å². The Balaban J connectivity index is 2.91. The second-order valence-corrected chi connectivity index (χ2v) is 5.37. The molecular weight excluding hydrogens is 248 g/mol. The van der Waals surface area contributed by atoms with Crippen molar-refractivity contribution in [2.24, 2.45) is 5.73 Å². The number of unbranched alkanes of at least 4 members (excludes halogenated alkanes) is 1. The largest absolute Gasteiger partial charge is 0.497 e. The molecule has 2 unspecified atom stereocenters. The fourth-order valence-corrected chi connectivity index (χ4v) is 2.55. The predicted molar refractivity (Wildman–Crippen MR) is 86.2 cm³/mol. The van der Waals surface area contributed by atoms with Gasteiger partial charge in [0, 0.05) is 18.6 Å². The third kappa shape index (κ3) is 4.50. The molecule has 0 aromatic heterocycles. The number of hydrogen-bond donors (Lipinski definition) is 1. The maximum atomic E-state index is 6.07. The van der Waals surface area contributed by atoms with Gasteiger partial charge in [0.05, 0.1) is 7.11 Å². The molecule has 2 N–H and O–H groups in total. The van der Waals surface area contributed by atoms with E-state index < -0.39 is 0 Å². The molecule has 1 rings (SSSR count). The van der Waals surface area contributed by atoms with E-state index in [9.17, 15) is 0 Å². The Bertz CT molecular complexity index is 364. The van der Waals surface area contributed by atoms with Crippen LogP contribution in [0, 0.1) is 0 Å². The molecule has 0 spiro atoms. The quantitative estimate of drug-likeness (QED) is 0.750. The standard InChI is InChI=1S/C17H30N2O/c1-5-7-12-19(14(3)6-2)17(13-18)15-8-10-16(20-4)11-9-15/h8-11,14,17H,5-7,12-13,18H2,1-4H3. The summed E-state index contributed by atoms with van der Waals surface area (Å²) in [6.45, 7) is 8.53. The second-order valence-electron chi connectivity index (χ2n) is 5.37. The Kier molecular flexibility index (Phi) is 7.63. The van der Waals surface area contributed by atoms with Crippen LogP contribution in [-0.4, -0.2) is 31.1 Å². The average molecular weight is 278 g/mol. The van der Waals surface area contributed by atoms with Gasteiger partial charge in [0.1, 0.15) is 5.75 Å². The Hall–Kier alpha value is -1.06. The van der Waals surface area contributed by atoms with Gasteiger partial charge in [-0.1, -0.05) is 32.4 Å². The summed E-state index contributed by atoms with van der Waals surface area (Å²) in [5.41, 5.74) is 7.35. The van der Waals surface area contributed by atoms with Gasteiger partial charge in [0.2, 0.25) is 0 Å².